The summed E-state index contributed by atoms with van der Waals surface area (Å²) in [5.74, 6) is 0.841. The number of hydrogen-bond acceptors (Lipinski definition) is 2. The Morgan fingerprint density at radius 1 is 1.05 bits per heavy atom. The molecule has 2 heteroatoms. The van der Waals surface area contributed by atoms with Gasteiger partial charge in [-0.2, -0.15) is 0 Å². The average molecular weight is 286 g/mol. The third-order valence-electron chi connectivity index (χ3n) is 5.21. The lowest BCUT2D eigenvalue weighted by Crippen LogP contribution is -2.41. The second-order valence-electron chi connectivity index (χ2n) is 6.90. The molecule has 116 valence electrons. The van der Waals surface area contributed by atoms with Crippen LogP contribution in [0, 0.1) is 5.92 Å². The summed E-state index contributed by atoms with van der Waals surface area (Å²) in [6.07, 6.45) is 8.31. The van der Waals surface area contributed by atoms with Gasteiger partial charge in [-0.1, -0.05) is 50.5 Å². The molecule has 1 saturated carbocycles. The zero-order valence-electron chi connectivity index (χ0n) is 13.5. The molecule has 0 spiro atoms. The third kappa shape index (κ3) is 3.87. The van der Waals surface area contributed by atoms with Crippen LogP contribution in [0.3, 0.4) is 0 Å². The van der Waals surface area contributed by atoms with Crippen molar-refractivity contribution in [3.8, 4) is 0 Å². The van der Waals surface area contributed by atoms with Gasteiger partial charge in [-0.3, -0.25) is 4.90 Å². The van der Waals surface area contributed by atoms with Crippen LogP contribution in [0.2, 0.25) is 0 Å². The van der Waals surface area contributed by atoms with Crippen LogP contribution < -0.4 is 5.32 Å². The Labute approximate surface area is 129 Å². The number of rotatable bonds is 5. The summed E-state index contributed by atoms with van der Waals surface area (Å²) >= 11 is 0. The lowest BCUT2D eigenvalue weighted by Gasteiger charge is -2.30. The van der Waals surface area contributed by atoms with Crippen LogP contribution in [0.15, 0.2) is 24.3 Å². The molecule has 2 nitrogen and oxygen atoms in total. The van der Waals surface area contributed by atoms with E-state index in [0.717, 1.165) is 25.0 Å². The Bertz CT molecular complexity index is 418. The number of nitrogens with one attached hydrogen (secondary N) is 1. The van der Waals surface area contributed by atoms with Crippen molar-refractivity contribution >= 4 is 0 Å². The Hall–Kier alpha value is -0.860. The van der Waals surface area contributed by atoms with E-state index in [1.807, 2.05) is 0 Å². The van der Waals surface area contributed by atoms with Gasteiger partial charge in [-0.15, -0.1) is 0 Å². The fourth-order valence-electron chi connectivity index (χ4n) is 4.07. The topological polar surface area (TPSA) is 15.3 Å². The van der Waals surface area contributed by atoms with Crippen molar-refractivity contribution in [2.24, 2.45) is 5.92 Å². The molecule has 1 aromatic rings. The molecule has 0 aromatic heterocycles. The van der Waals surface area contributed by atoms with Gasteiger partial charge in [0, 0.05) is 25.7 Å². The molecule has 1 aliphatic carbocycles. The predicted molar refractivity (Wildman–Crippen MR) is 89.2 cm³/mol. The van der Waals surface area contributed by atoms with Crippen molar-refractivity contribution in [2.75, 3.05) is 13.1 Å². The molecule has 0 bridgehead atoms. The molecular formula is C19H30N2. The van der Waals surface area contributed by atoms with Gasteiger partial charge in [-0.25, -0.2) is 0 Å². The van der Waals surface area contributed by atoms with Crippen LogP contribution in [0.4, 0.5) is 0 Å². The summed E-state index contributed by atoms with van der Waals surface area (Å²) < 4.78 is 0. The average Bonchev–Trinajstić information content (AvgIpc) is 2.78. The van der Waals surface area contributed by atoms with E-state index in [0.29, 0.717) is 0 Å². The summed E-state index contributed by atoms with van der Waals surface area (Å²) in [5.41, 5.74) is 3.09. The standard InChI is InChI=1S/C19H30N2/c1-2-12-20-19-11-5-3-4-10-18(19)15-21-13-16-8-6-7-9-17(16)14-21/h6-9,18-20H,2-5,10-15H2,1H3. The van der Waals surface area contributed by atoms with E-state index in [2.05, 4.69) is 41.4 Å². The Kier molecular flexibility index (Phi) is 5.32. The van der Waals surface area contributed by atoms with Crippen molar-refractivity contribution in [3.05, 3.63) is 35.4 Å². The first-order chi connectivity index (χ1) is 10.4. The monoisotopic (exact) mass is 286 g/mol. The molecule has 2 atom stereocenters. The minimum atomic E-state index is 0.746. The molecule has 1 aliphatic heterocycles. The number of hydrogen-bond donors (Lipinski definition) is 1. The molecule has 0 radical (unpaired) electrons. The third-order valence-corrected chi connectivity index (χ3v) is 5.21. The molecule has 21 heavy (non-hydrogen) atoms. The first-order valence-corrected chi connectivity index (χ1v) is 8.89. The van der Waals surface area contributed by atoms with Gasteiger partial charge in [0.25, 0.3) is 0 Å². The molecule has 0 saturated heterocycles. The highest BCUT2D eigenvalue weighted by Crippen LogP contribution is 2.28. The van der Waals surface area contributed by atoms with Crippen LogP contribution in [0.25, 0.3) is 0 Å². The molecule has 1 heterocycles. The smallest absolute Gasteiger partial charge is 0.0240 e. The van der Waals surface area contributed by atoms with Crippen LogP contribution in [0.1, 0.15) is 56.6 Å². The zero-order chi connectivity index (χ0) is 14.5. The highest BCUT2D eigenvalue weighted by molar-refractivity contribution is 5.30. The summed E-state index contributed by atoms with van der Waals surface area (Å²) in [6, 6.07) is 9.71. The quantitative estimate of drug-likeness (QED) is 0.825. The molecule has 0 amide bonds. The highest BCUT2D eigenvalue weighted by Gasteiger charge is 2.27. The van der Waals surface area contributed by atoms with Crippen molar-refractivity contribution in [1.82, 2.24) is 10.2 Å². The van der Waals surface area contributed by atoms with Crippen molar-refractivity contribution < 1.29 is 0 Å². The van der Waals surface area contributed by atoms with Crippen LogP contribution in [-0.2, 0) is 13.1 Å². The lowest BCUT2D eigenvalue weighted by molar-refractivity contribution is 0.195. The minimum Gasteiger partial charge on any atom is -0.314 e. The molecule has 3 rings (SSSR count). The summed E-state index contributed by atoms with van der Waals surface area (Å²) in [4.78, 5) is 2.67. The Morgan fingerprint density at radius 3 is 2.48 bits per heavy atom. The fourth-order valence-corrected chi connectivity index (χ4v) is 4.07. The number of nitrogens with zero attached hydrogens (tertiary/aromatic N) is 1. The predicted octanol–water partition coefficient (Wildman–Crippen LogP) is 3.95. The molecule has 1 fully saturated rings. The first-order valence-electron chi connectivity index (χ1n) is 8.89. The number of fused-ring (bicyclic) bond motifs is 1. The van der Waals surface area contributed by atoms with Gasteiger partial charge in [-0.05, 0) is 42.9 Å². The largest absolute Gasteiger partial charge is 0.314 e. The van der Waals surface area contributed by atoms with E-state index in [1.54, 1.807) is 11.1 Å². The maximum atomic E-state index is 3.83. The molecule has 1 aromatic carbocycles. The van der Waals surface area contributed by atoms with Gasteiger partial charge in [0.15, 0.2) is 0 Å². The van der Waals surface area contributed by atoms with E-state index < -0.39 is 0 Å². The van der Waals surface area contributed by atoms with Crippen LogP contribution in [-0.4, -0.2) is 24.0 Å². The zero-order valence-corrected chi connectivity index (χ0v) is 13.5. The second-order valence-corrected chi connectivity index (χ2v) is 6.90. The number of benzene rings is 1. The Balaban J connectivity index is 1.59. The first kappa shape index (κ1) is 15.1. The van der Waals surface area contributed by atoms with Gasteiger partial charge >= 0.3 is 0 Å². The van der Waals surface area contributed by atoms with E-state index in [-0.39, 0.29) is 0 Å². The maximum absolute atomic E-state index is 3.83. The van der Waals surface area contributed by atoms with E-state index in [4.69, 9.17) is 0 Å². The van der Waals surface area contributed by atoms with Gasteiger partial charge in [0.1, 0.15) is 0 Å². The van der Waals surface area contributed by atoms with Gasteiger partial charge in [0.2, 0.25) is 0 Å². The van der Waals surface area contributed by atoms with Gasteiger partial charge in [0.05, 0.1) is 0 Å². The second kappa shape index (κ2) is 7.42. The normalized spacial score (nSPS) is 26.5. The van der Waals surface area contributed by atoms with Crippen LogP contribution >= 0.6 is 0 Å². The summed E-state index contributed by atoms with van der Waals surface area (Å²) in [5, 5.41) is 3.83. The molecule has 2 unspecified atom stereocenters. The SMILES string of the molecule is CCCNC1CCCCCC1CN1Cc2ccccc2C1. The minimum absolute atomic E-state index is 0.746. The fraction of sp³-hybridized carbons (Fsp3) is 0.684. The maximum Gasteiger partial charge on any atom is 0.0240 e. The molecule has 1 N–H and O–H groups in total. The van der Waals surface area contributed by atoms with E-state index in [9.17, 15) is 0 Å². The van der Waals surface area contributed by atoms with E-state index >= 15 is 0 Å². The highest BCUT2D eigenvalue weighted by atomic mass is 15.1. The van der Waals surface area contributed by atoms with E-state index in [1.165, 1.54) is 51.6 Å². The van der Waals surface area contributed by atoms with Gasteiger partial charge < -0.3 is 5.32 Å². The molecular weight excluding hydrogens is 256 g/mol. The summed E-state index contributed by atoms with van der Waals surface area (Å²) in [7, 11) is 0. The van der Waals surface area contributed by atoms with Crippen molar-refractivity contribution in [3.63, 3.8) is 0 Å². The van der Waals surface area contributed by atoms with Crippen molar-refractivity contribution in [1.29, 1.82) is 0 Å². The van der Waals surface area contributed by atoms with Crippen LogP contribution in [0.5, 0.6) is 0 Å². The lowest BCUT2D eigenvalue weighted by atomic mass is 9.94. The Morgan fingerprint density at radius 2 is 1.76 bits per heavy atom. The van der Waals surface area contributed by atoms with Crippen molar-refractivity contribution in [2.45, 2.75) is 64.6 Å². The molecule has 2 aliphatic rings. The summed E-state index contributed by atoms with van der Waals surface area (Å²) in [6.45, 7) is 7.05.